The van der Waals surface area contributed by atoms with Crippen molar-refractivity contribution >= 4 is 5.97 Å². The Morgan fingerprint density at radius 3 is 2.30 bits per heavy atom. The largest absolute Gasteiger partial charge is 0.468 e. The summed E-state index contributed by atoms with van der Waals surface area (Å²) >= 11 is 0. The SMILES string of the molecule is COC(=O)C(c1ccccc1)C(O)c1cc(C(F)(F)F)nc(OC(C)C)n1. The smallest absolute Gasteiger partial charge is 0.433 e. The first kappa shape index (κ1) is 20.6. The molecule has 0 spiro atoms. The van der Waals surface area contributed by atoms with Gasteiger partial charge in [0.05, 0.1) is 18.9 Å². The monoisotopic (exact) mass is 384 g/mol. The second-order valence-electron chi connectivity index (χ2n) is 5.98. The fourth-order valence-electron chi connectivity index (χ4n) is 2.41. The number of esters is 1. The van der Waals surface area contributed by atoms with Crippen LogP contribution in [0.1, 0.15) is 42.8 Å². The Bertz CT molecular complexity index is 782. The van der Waals surface area contributed by atoms with Crippen molar-refractivity contribution < 1.29 is 32.5 Å². The zero-order chi connectivity index (χ0) is 20.2. The van der Waals surface area contributed by atoms with Crippen LogP contribution in [0.4, 0.5) is 13.2 Å². The van der Waals surface area contributed by atoms with Crippen molar-refractivity contribution in [3.8, 4) is 6.01 Å². The maximum absolute atomic E-state index is 13.2. The minimum Gasteiger partial charge on any atom is -0.468 e. The molecule has 2 atom stereocenters. The van der Waals surface area contributed by atoms with Gasteiger partial charge in [-0.3, -0.25) is 4.79 Å². The number of hydrogen-bond donors (Lipinski definition) is 1. The van der Waals surface area contributed by atoms with E-state index in [4.69, 9.17) is 9.47 Å². The molecule has 0 radical (unpaired) electrons. The molecule has 1 N–H and O–H groups in total. The fraction of sp³-hybridized carbons (Fsp3) is 0.389. The van der Waals surface area contributed by atoms with Crippen LogP contribution < -0.4 is 4.74 Å². The molecule has 6 nitrogen and oxygen atoms in total. The van der Waals surface area contributed by atoms with Gasteiger partial charge in [-0.1, -0.05) is 30.3 Å². The van der Waals surface area contributed by atoms with E-state index in [1.807, 2.05) is 0 Å². The van der Waals surface area contributed by atoms with E-state index in [0.29, 0.717) is 11.6 Å². The molecule has 0 bridgehead atoms. The predicted octanol–water partition coefficient (Wildman–Crippen LogP) is 3.27. The maximum atomic E-state index is 13.2. The standard InChI is InChI=1S/C18H19F3N2O4/c1-10(2)27-17-22-12(9-13(23-17)18(19,20)21)15(24)14(16(25)26-3)11-7-5-4-6-8-11/h4-10,14-15,24H,1-3H3. The molecular formula is C18H19F3N2O4. The van der Waals surface area contributed by atoms with Gasteiger partial charge in [-0.25, -0.2) is 0 Å². The van der Waals surface area contributed by atoms with Crippen molar-refractivity contribution in [1.82, 2.24) is 9.97 Å². The van der Waals surface area contributed by atoms with Gasteiger partial charge in [-0.2, -0.15) is 23.1 Å². The molecule has 146 valence electrons. The van der Waals surface area contributed by atoms with E-state index in [1.165, 1.54) is 0 Å². The molecule has 2 unspecified atom stereocenters. The molecule has 0 amide bonds. The topological polar surface area (TPSA) is 81.5 Å². The van der Waals surface area contributed by atoms with Gasteiger partial charge in [0.2, 0.25) is 0 Å². The molecular weight excluding hydrogens is 365 g/mol. The van der Waals surface area contributed by atoms with Crippen LogP contribution in [0, 0.1) is 0 Å². The highest BCUT2D eigenvalue weighted by Crippen LogP contribution is 2.35. The molecule has 0 aliphatic heterocycles. The van der Waals surface area contributed by atoms with Crippen LogP contribution in [0.2, 0.25) is 0 Å². The summed E-state index contributed by atoms with van der Waals surface area (Å²) < 4.78 is 49.4. The summed E-state index contributed by atoms with van der Waals surface area (Å²) in [5, 5.41) is 10.7. The number of hydrogen-bond acceptors (Lipinski definition) is 6. The van der Waals surface area contributed by atoms with Gasteiger partial charge in [0.1, 0.15) is 12.0 Å². The van der Waals surface area contributed by atoms with Crippen molar-refractivity contribution in [3.05, 3.63) is 53.3 Å². The van der Waals surface area contributed by atoms with Crippen molar-refractivity contribution in [2.75, 3.05) is 7.11 Å². The molecule has 27 heavy (non-hydrogen) atoms. The molecule has 1 heterocycles. The van der Waals surface area contributed by atoms with Crippen molar-refractivity contribution in [1.29, 1.82) is 0 Å². The molecule has 1 aromatic carbocycles. The zero-order valence-electron chi connectivity index (χ0n) is 14.9. The van der Waals surface area contributed by atoms with Crippen molar-refractivity contribution in [3.63, 3.8) is 0 Å². The van der Waals surface area contributed by atoms with E-state index < -0.39 is 47.7 Å². The average Bonchev–Trinajstić information content (AvgIpc) is 2.61. The van der Waals surface area contributed by atoms with E-state index in [-0.39, 0.29) is 0 Å². The Labute approximate surface area is 154 Å². The molecule has 1 aromatic heterocycles. The number of benzene rings is 1. The van der Waals surface area contributed by atoms with Crippen LogP contribution in [-0.2, 0) is 15.7 Å². The molecule has 9 heteroatoms. The number of carbonyl (C=O) groups excluding carboxylic acids is 1. The predicted molar refractivity (Wildman–Crippen MR) is 89.0 cm³/mol. The number of methoxy groups -OCH3 is 1. The van der Waals surface area contributed by atoms with Crippen LogP contribution in [-0.4, -0.2) is 34.3 Å². The first-order valence-electron chi connectivity index (χ1n) is 8.07. The number of ether oxygens (including phenoxy) is 2. The summed E-state index contributed by atoms with van der Waals surface area (Å²) in [5.74, 6) is -2.08. The summed E-state index contributed by atoms with van der Waals surface area (Å²) in [5.41, 5.74) is -1.30. The highest BCUT2D eigenvalue weighted by atomic mass is 19.4. The van der Waals surface area contributed by atoms with E-state index in [9.17, 15) is 23.1 Å². The fourth-order valence-corrected chi connectivity index (χ4v) is 2.41. The molecule has 2 aromatic rings. The van der Waals surface area contributed by atoms with E-state index in [1.54, 1.807) is 44.2 Å². The summed E-state index contributed by atoms with van der Waals surface area (Å²) in [6, 6.07) is 8.14. The number of nitrogens with zero attached hydrogens (tertiary/aromatic N) is 2. The zero-order valence-corrected chi connectivity index (χ0v) is 14.9. The number of aromatic nitrogens is 2. The number of aliphatic hydroxyl groups is 1. The number of rotatable bonds is 6. The summed E-state index contributed by atoms with van der Waals surface area (Å²) in [6.45, 7) is 3.20. The Kier molecular flexibility index (Phi) is 6.37. The van der Waals surface area contributed by atoms with Crippen LogP contribution in [0.15, 0.2) is 36.4 Å². The first-order chi connectivity index (χ1) is 12.6. The van der Waals surface area contributed by atoms with Crippen LogP contribution in [0.25, 0.3) is 0 Å². The van der Waals surface area contributed by atoms with Crippen molar-refractivity contribution in [2.24, 2.45) is 0 Å². The lowest BCUT2D eigenvalue weighted by atomic mass is 9.91. The molecule has 0 fully saturated rings. The first-order valence-corrected chi connectivity index (χ1v) is 8.07. The van der Waals surface area contributed by atoms with Gasteiger partial charge in [0.25, 0.3) is 0 Å². The Morgan fingerprint density at radius 1 is 1.15 bits per heavy atom. The van der Waals surface area contributed by atoms with Crippen molar-refractivity contribution in [2.45, 2.75) is 38.1 Å². The Morgan fingerprint density at radius 2 is 1.78 bits per heavy atom. The van der Waals surface area contributed by atoms with Gasteiger partial charge in [0.15, 0.2) is 5.69 Å². The van der Waals surface area contributed by atoms with Gasteiger partial charge in [-0.05, 0) is 25.5 Å². The number of alkyl halides is 3. The number of aliphatic hydroxyl groups excluding tert-OH is 1. The second kappa shape index (κ2) is 8.34. The van der Waals surface area contributed by atoms with E-state index in [2.05, 4.69) is 9.97 Å². The normalized spacial score (nSPS) is 13.9. The third-order valence-electron chi connectivity index (χ3n) is 3.59. The minimum absolute atomic E-state index is 0.371. The van der Waals surface area contributed by atoms with Gasteiger partial charge < -0.3 is 14.6 Å². The number of halogens is 3. The lowest BCUT2D eigenvalue weighted by Gasteiger charge is -2.22. The van der Waals surface area contributed by atoms with Crippen LogP contribution in [0.3, 0.4) is 0 Å². The highest BCUT2D eigenvalue weighted by Gasteiger charge is 2.37. The second-order valence-corrected chi connectivity index (χ2v) is 5.98. The maximum Gasteiger partial charge on any atom is 0.433 e. The Balaban J connectivity index is 2.53. The quantitative estimate of drug-likeness (QED) is 0.770. The van der Waals surface area contributed by atoms with Gasteiger partial charge >= 0.3 is 18.2 Å². The number of carbonyl (C=O) groups is 1. The molecule has 0 saturated carbocycles. The van der Waals surface area contributed by atoms with E-state index in [0.717, 1.165) is 7.11 Å². The average molecular weight is 384 g/mol. The summed E-state index contributed by atoms with van der Waals surface area (Å²) in [4.78, 5) is 19.4. The van der Waals surface area contributed by atoms with Gasteiger partial charge in [0, 0.05) is 0 Å². The third-order valence-corrected chi connectivity index (χ3v) is 3.59. The summed E-state index contributed by atoms with van der Waals surface area (Å²) in [6.07, 6.45) is -6.96. The van der Waals surface area contributed by atoms with Crippen LogP contribution in [0.5, 0.6) is 6.01 Å². The van der Waals surface area contributed by atoms with Gasteiger partial charge in [-0.15, -0.1) is 0 Å². The summed E-state index contributed by atoms with van der Waals surface area (Å²) in [7, 11) is 1.12. The lowest BCUT2D eigenvalue weighted by molar-refractivity contribution is -0.145. The molecule has 2 rings (SSSR count). The lowest BCUT2D eigenvalue weighted by Crippen LogP contribution is -2.24. The van der Waals surface area contributed by atoms with E-state index >= 15 is 0 Å². The minimum atomic E-state index is -4.78. The molecule has 0 saturated heterocycles. The highest BCUT2D eigenvalue weighted by molar-refractivity contribution is 5.79. The third kappa shape index (κ3) is 5.16. The molecule has 0 aliphatic carbocycles. The van der Waals surface area contributed by atoms with Crippen LogP contribution >= 0.6 is 0 Å². The molecule has 0 aliphatic rings. The Hall–Kier alpha value is -2.68.